The average molecular weight is 290 g/mol. The summed E-state index contributed by atoms with van der Waals surface area (Å²) in [7, 11) is -3.11. The van der Waals surface area contributed by atoms with Gasteiger partial charge in [0.2, 0.25) is 11.8 Å². The molecule has 2 atom stereocenters. The van der Waals surface area contributed by atoms with Crippen molar-refractivity contribution >= 4 is 21.7 Å². The van der Waals surface area contributed by atoms with Crippen molar-refractivity contribution < 1.29 is 18.0 Å². The number of nitrogens with one attached hydrogen (secondary N) is 1. The van der Waals surface area contributed by atoms with E-state index in [2.05, 4.69) is 5.32 Å². The summed E-state index contributed by atoms with van der Waals surface area (Å²) in [6, 6.07) is -0.808. The van der Waals surface area contributed by atoms with Gasteiger partial charge in [0.1, 0.15) is 6.04 Å². The molecule has 1 aliphatic heterocycles. The van der Waals surface area contributed by atoms with Crippen LogP contribution in [0, 0.1) is 0 Å². The molecule has 1 heterocycles. The van der Waals surface area contributed by atoms with Gasteiger partial charge in [0.25, 0.3) is 0 Å². The predicted octanol–water partition coefficient (Wildman–Crippen LogP) is -0.0633. The lowest BCUT2D eigenvalue weighted by Crippen LogP contribution is -2.47. The van der Waals surface area contributed by atoms with Crippen molar-refractivity contribution in [1.29, 1.82) is 0 Å². The van der Waals surface area contributed by atoms with Crippen LogP contribution in [0.15, 0.2) is 0 Å². The highest BCUT2D eigenvalue weighted by Gasteiger charge is 2.33. The molecule has 2 unspecified atom stereocenters. The molecule has 7 heteroatoms. The van der Waals surface area contributed by atoms with E-state index in [-0.39, 0.29) is 42.3 Å². The Morgan fingerprint density at radius 2 is 1.95 bits per heavy atom. The number of carbonyl (C=O) groups excluding carboxylic acids is 2. The molecule has 110 valence electrons. The Kier molecular flexibility index (Phi) is 5.34. The van der Waals surface area contributed by atoms with Crippen molar-refractivity contribution in [1.82, 2.24) is 10.2 Å². The Bertz CT molecular complexity index is 447. The number of sulfone groups is 1. The van der Waals surface area contributed by atoms with Gasteiger partial charge in [-0.05, 0) is 13.3 Å². The second kappa shape index (κ2) is 6.36. The molecule has 1 N–H and O–H groups in total. The highest BCUT2D eigenvalue weighted by molar-refractivity contribution is 7.91. The van der Waals surface area contributed by atoms with Crippen molar-refractivity contribution in [3.8, 4) is 0 Å². The lowest BCUT2D eigenvalue weighted by molar-refractivity contribution is -0.134. The van der Waals surface area contributed by atoms with E-state index in [1.165, 1.54) is 4.90 Å². The van der Waals surface area contributed by atoms with E-state index in [1.54, 1.807) is 13.8 Å². The fraction of sp³-hybridized carbons (Fsp3) is 0.833. The molecule has 1 saturated heterocycles. The highest BCUT2D eigenvalue weighted by Crippen LogP contribution is 2.13. The Morgan fingerprint density at radius 3 is 2.47 bits per heavy atom. The summed E-state index contributed by atoms with van der Waals surface area (Å²) in [4.78, 5) is 25.4. The van der Waals surface area contributed by atoms with Crippen LogP contribution in [-0.4, -0.2) is 55.3 Å². The molecule has 0 aromatic heterocycles. The number of carbonyl (C=O) groups is 2. The van der Waals surface area contributed by atoms with E-state index in [9.17, 15) is 18.0 Å². The van der Waals surface area contributed by atoms with Crippen LogP contribution < -0.4 is 5.32 Å². The maximum atomic E-state index is 12.3. The molecule has 0 aromatic rings. The number of rotatable bonds is 5. The van der Waals surface area contributed by atoms with Crippen LogP contribution in [0.3, 0.4) is 0 Å². The van der Waals surface area contributed by atoms with Crippen molar-refractivity contribution in [2.75, 3.05) is 18.1 Å². The summed E-state index contributed by atoms with van der Waals surface area (Å²) < 4.78 is 23.1. The zero-order valence-electron chi connectivity index (χ0n) is 11.7. The highest BCUT2D eigenvalue weighted by atomic mass is 32.2. The number of hydrogen-bond acceptors (Lipinski definition) is 4. The van der Waals surface area contributed by atoms with Crippen molar-refractivity contribution in [3.05, 3.63) is 0 Å². The molecule has 0 saturated carbocycles. The third-order valence-corrected chi connectivity index (χ3v) is 5.10. The lowest BCUT2D eigenvalue weighted by atomic mass is 10.2. The summed E-state index contributed by atoms with van der Waals surface area (Å²) >= 11 is 0. The van der Waals surface area contributed by atoms with Gasteiger partial charge in [-0.25, -0.2) is 8.42 Å². The molecule has 1 fully saturated rings. The fourth-order valence-electron chi connectivity index (χ4n) is 2.10. The zero-order chi connectivity index (χ0) is 14.6. The van der Waals surface area contributed by atoms with Crippen molar-refractivity contribution in [2.24, 2.45) is 0 Å². The normalized spacial score (nSPS) is 25.1. The molecular formula is C12H22N2O4S. The van der Waals surface area contributed by atoms with Crippen LogP contribution in [0.1, 0.15) is 33.6 Å². The summed E-state index contributed by atoms with van der Waals surface area (Å²) in [5.41, 5.74) is 0. The third kappa shape index (κ3) is 4.19. The smallest absolute Gasteiger partial charge is 0.245 e. The van der Waals surface area contributed by atoms with Gasteiger partial charge >= 0.3 is 0 Å². The molecule has 0 aliphatic carbocycles. The molecule has 0 radical (unpaired) electrons. The zero-order valence-corrected chi connectivity index (χ0v) is 12.5. The van der Waals surface area contributed by atoms with Crippen LogP contribution >= 0.6 is 0 Å². The second-order valence-electron chi connectivity index (χ2n) is 4.85. The van der Waals surface area contributed by atoms with Crippen molar-refractivity contribution in [3.63, 3.8) is 0 Å². The molecule has 1 aliphatic rings. The molecule has 2 amide bonds. The van der Waals surface area contributed by atoms with Crippen LogP contribution in [0.5, 0.6) is 0 Å². The van der Waals surface area contributed by atoms with Crippen molar-refractivity contribution in [2.45, 2.75) is 45.7 Å². The van der Waals surface area contributed by atoms with Crippen LogP contribution in [0.4, 0.5) is 0 Å². The second-order valence-corrected chi connectivity index (χ2v) is 7.32. The summed E-state index contributed by atoms with van der Waals surface area (Å²) in [6.07, 6.45) is 0.725. The third-order valence-electron chi connectivity index (χ3n) is 3.42. The molecule has 0 aromatic carbocycles. The minimum absolute atomic E-state index is 0.0514. The summed E-state index contributed by atoms with van der Waals surface area (Å²) in [5, 5.41) is 2.67. The topological polar surface area (TPSA) is 83.6 Å². The van der Waals surface area contributed by atoms with Gasteiger partial charge in [-0.1, -0.05) is 13.8 Å². The maximum Gasteiger partial charge on any atom is 0.245 e. The first-order valence-electron chi connectivity index (χ1n) is 6.61. The Labute approximate surface area is 114 Å². The largest absolute Gasteiger partial charge is 0.344 e. The Morgan fingerprint density at radius 1 is 1.32 bits per heavy atom. The van der Waals surface area contributed by atoms with E-state index < -0.39 is 15.9 Å². The van der Waals surface area contributed by atoms with Gasteiger partial charge in [-0.15, -0.1) is 0 Å². The summed E-state index contributed by atoms with van der Waals surface area (Å²) in [5.74, 6) is -0.331. The first kappa shape index (κ1) is 15.9. The summed E-state index contributed by atoms with van der Waals surface area (Å²) in [6.45, 7) is 5.33. The van der Waals surface area contributed by atoms with E-state index in [0.717, 1.165) is 0 Å². The molecule has 6 nitrogen and oxygen atoms in total. The van der Waals surface area contributed by atoms with Gasteiger partial charge in [0.15, 0.2) is 9.84 Å². The van der Waals surface area contributed by atoms with Crippen LogP contribution in [0.25, 0.3) is 0 Å². The van der Waals surface area contributed by atoms with Gasteiger partial charge in [-0.2, -0.15) is 0 Å². The fourth-order valence-corrected chi connectivity index (χ4v) is 2.86. The first-order chi connectivity index (χ1) is 8.80. The number of hydrogen-bond donors (Lipinski definition) is 1. The van der Waals surface area contributed by atoms with Gasteiger partial charge in [0, 0.05) is 24.8 Å². The minimum Gasteiger partial charge on any atom is -0.344 e. The standard InChI is InChI=1S/C12H22N2O4S/c1-4-10-12(16)14(6-7-19(17,18)5-2)9(3)8-11(15)13-10/h9-10H,4-8H2,1-3H3,(H,13,15). The molecule has 1 rings (SSSR count). The Balaban J connectivity index is 2.83. The van der Waals surface area contributed by atoms with E-state index in [0.29, 0.717) is 6.42 Å². The number of nitrogens with zero attached hydrogens (tertiary/aromatic N) is 1. The minimum atomic E-state index is -3.11. The van der Waals surface area contributed by atoms with E-state index in [4.69, 9.17) is 0 Å². The SMILES string of the molecule is CCC1NC(=O)CC(C)N(CCS(=O)(=O)CC)C1=O. The quantitative estimate of drug-likeness (QED) is 0.768. The monoisotopic (exact) mass is 290 g/mol. The Hall–Kier alpha value is -1.11. The van der Waals surface area contributed by atoms with Crippen LogP contribution in [-0.2, 0) is 19.4 Å². The lowest BCUT2D eigenvalue weighted by Gasteiger charge is -2.28. The molecule has 0 spiro atoms. The van der Waals surface area contributed by atoms with Gasteiger partial charge < -0.3 is 10.2 Å². The molecule has 0 bridgehead atoms. The van der Waals surface area contributed by atoms with Gasteiger partial charge in [-0.3, -0.25) is 9.59 Å². The maximum absolute atomic E-state index is 12.3. The first-order valence-corrected chi connectivity index (χ1v) is 8.43. The predicted molar refractivity (Wildman–Crippen MR) is 72.3 cm³/mol. The number of amides is 2. The average Bonchev–Trinajstić information content (AvgIpc) is 2.44. The van der Waals surface area contributed by atoms with Crippen LogP contribution in [0.2, 0.25) is 0 Å². The van der Waals surface area contributed by atoms with E-state index in [1.807, 2.05) is 6.92 Å². The molecular weight excluding hydrogens is 268 g/mol. The van der Waals surface area contributed by atoms with Gasteiger partial charge in [0.05, 0.1) is 5.75 Å². The van der Waals surface area contributed by atoms with E-state index >= 15 is 0 Å². The molecule has 19 heavy (non-hydrogen) atoms.